The zero-order valence-electron chi connectivity index (χ0n) is 11.5. The molecular weight excluding hydrogens is 266 g/mol. The fourth-order valence-electron chi connectivity index (χ4n) is 2.07. The van der Waals surface area contributed by atoms with Crippen LogP contribution in [0.4, 0.5) is 11.9 Å². The number of aromatic nitrogens is 3. The van der Waals surface area contributed by atoms with Crippen molar-refractivity contribution in [3.8, 4) is 0 Å². The van der Waals surface area contributed by atoms with Gasteiger partial charge in [0.05, 0.1) is 0 Å². The number of nitrogens with zero attached hydrogens (tertiary/aromatic N) is 5. The van der Waals surface area contributed by atoms with Gasteiger partial charge in [-0.25, -0.2) is 0 Å². The maximum Gasteiger partial charge on any atom is 0.228 e. The number of rotatable bonds is 4. The van der Waals surface area contributed by atoms with Gasteiger partial charge >= 0.3 is 0 Å². The van der Waals surface area contributed by atoms with E-state index in [1.165, 1.54) is 0 Å². The lowest BCUT2D eigenvalue weighted by atomic mass is 10.2. The van der Waals surface area contributed by atoms with Gasteiger partial charge in [-0.2, -0.15) is 15.0 Å². The first-order valence-corrected chi connectivity index (χ1v) is 6.68. The summed E-state index contributed by atoms with van der Waals surface area (Å²) in [7, 11) is 6.02. The number of anilines is 2. The second-order valence-electron chi connectivity index (χ2n) is 4.78. The van der Waals surface area contributed by atoms with E-state index in [2.05, 4.69) is 49.5 Å². The van der Waals surface area contributed by atoms with E-state index in [0.717, 1.165) is 26.2 Å². The number of halogens is 1. The lowest BCUT2D eigenvalue weighted by Gasteiger charge is -2.37. The van der Waals surface area contributed by atoms with Crippen LogP contribution in [0.25, 0.3) is 0 Å². The smallest absolute Gasteiger partial charge is 0.228 e. The first kappa shape index (κ1) is 14.2. The van der Waals surface area contributed by atoms with E-state index >= 15 is 0 Å². The predicted molar refractivity (Wildman–Crippen MR) is 76.8 cm³/mol. The van der Waals surface area contributed by atoms with Crippen LogP contribution in [-0.2, 0) is 0 Å². The van der Waals surface area contributed by atoms with Gasteiger partial charge in [-0.15, -0.1) is 0 Å². The first-order valence-electron chi connectivity index (χ1n) is 6.30. The Labute approximate surface area is 118 Å². The van der Waals surface area contributed by atoms with Crippen molar-refractivity contribution in [3.05, 3.63) is 5.28 Å². The molecule has 8 heteroatoms. The molecule has 19 heavy (non-hydrogen) atoms. The lowest BCUT2D eigenvalue weighted by Crippen LogP contribution is -2.52. The molecule has 0 radical (unpaired) electrons. The molecule has 7 nitrogen and oxygen atoms in total. The van der Waals surface area contributed by atoms with Crippen LogP contribution >= 0.6 is 11.6 Å². The van der Waals surface area contributed by atoms with Crippen molar-refractivity contribution in [1.29, 1.82) is 0 Å². The van der Waals surface area contributed by atoms with Gasteiger partial charge < -0.3 is 15.5 Å². The summed E-state index contributed by atoms with van der Waals surface area (Å²) < 4.78 is 0. The number of hydrogen-bond acceptors (Lipinski definition) is 7. The molecule has 1 atom stereocenters. The summed E-state index contributed by atoms with van der Waals surface area (Å²) in [5.41, 5.74) is 0. The van der Waals surface area contributed by atoms with Gasteiger partial charge in [0.2, 0.25) is 17.2 Å². The van der Waals surface area contributed by atoms with E-state index in [9.17, 15) is 0 Å². The summed E-state index contributed by atoms with van der Waals surface area (Å²) in [5, 5.41) is 6.27. The average Bonchev–Trinajstić information content (AvgIpc) is 2.39. The molecule has 106 valence electrons. The van der Waals surface area contributed by atoms with Gasteiger partial charge in [-0.3, -0.25) is 4.90 Å². The molecule has 2 N–H and O–H groups in total. The van der Waals surface area contributed by atoms with Crippen LogP contribution in [0.2, 0.25) is 5.28 Å². The third-order valence-corrected chi connectivity index (χ3v) is 3.48. The standard InChI is InChI=1S/C11H20ClN7/c1-13-10-15-9(12)16-11(17-10)14-6-8-7-18(2)4-5-19(8)3/h8H,4-7H2,1-3H3,(H2,13,14,15,16,17). The molecule has 1 aliphatic heterocycles. The highest BCUT2D eigenvalue weighted by Crippen LogP contribution is 2.11. The van der Waals surface area contributed by atoms with Crippen molar-refractivity contribution in [2.24, 2.45) is 0 Å². The van der Waals surface area contributed by atoms with Crippen molar-refractivity contribution in [3.63, 3.8) is 0 Å². The Morgan fingerprint density at radius 1 is 1.21 bits per heavy atom. The summed E-state index contributed by atoms with van der Waals surface area (Å²) in [6, 6.07) is 0.437. The minimum Gasteiger partial charge on any atom is -0.357 e. The second kappa shape index (κ2) is 6.31. The van der Waals surface area contributed by atoms with Gasteiger partial charge in [0.15, 0.2) is 0 Å². The molecule has 1 aromatic rings. The topological polar surface area (TPSA) is 69.2 Å². The maximum absolute atomic E-state index is 5.84. The largest absolute Gasteiger partial charge is 0.357 e. The van der Waals surface area contributed by atoms with Crippen molar-refractivity contribution < 1.29 is 0 Å². The van der Waals surface area contributed by atoms with Crippen LogP contribution in [0.15, 0.2) is 0 Å². The fourth-order valence-corrected chi connectivity index (χ4v) is 2.23. The van der Waals surface area contributed by atoms with E-state index < -0.39 is 0 Å². The third-order valence-electron chi connectivity index (χ3n) is 3.31. The molecule has 0 aromatic carbocycles. The highest BCUT2D eigenvalue weighted by atomic mass is 35.5. The molecule has 0 aliphatic carbocycles. The minimum absolute atomic E-state index is 0.191. The van der Waals surface area contributed by atoms with Crippen LogP contribution in [0.1, 0.15) is 0 Å². The molecule has 0 saturated carbocycles. The number of nitrogens with one attached hydrogen (secondary N) is 2. The highest BCUT2D eigenvalue weighted by Gasteiger charge is 2.22. The average molecular weight is 286 g/mol. The quantitative estimate of drug-likeness (QED) is 0.820. The second-order valence-corrected chi connectivity index (χ2v) is 5.12. The maximum atomic E-state index is 5.84. The number of likely N-dealkylation sites (N-methyl/N-ethyl adjacent to an activating group) is 2. The normalized spacial score (nSPS) is 21.4. The summed E-state index contributed by atoms with van der Waals surface area (Å²) >= 11 is 5.84. The van der Waals surface area contributed by atoms with Crippen LogP contribution in [-0.4, -0.2) is 78.1 Å². The molecule has 2 rings (SSSR count). The van der Waals surface area contributed by atoms with E-state index in [1.807, 2.05) is 0 Å². The first-order chi connectivity index (χ1) is 9.08. The zero-order valence-corrected chi connectivity index (χ0v) is 12.3. The summed E-state index contributed by atoms with van der Waals surface area (Å²) in [5.74, 6) is 0.975. The van der Waals surface area contributed by atoms with Crippen LogP contribution in [0.3, 0.4) is 0 Å². The van der Waals surface area contributed by atoms with Gasteiger partial charge in [0, 0.05) is 39.3 Å². The molecule has 1 unspecified atom stereocenters. The molecule has 2 heterocycles. The molecular formula is C11H20ClN7. The Balaban J connectivity index is 1.96. The van der Waals surface area contributed by atoms with Crippen molar-refractivity contribution >= 4 is 23.5 Å². The lowest BCUT2D eigenvalue weighted by molar-refractivity contribution is 0.121. The third kappa shape index (κ3) is 3.89. The molecule has 1 saturated heterocycles. The van der Waals surface area contributed by atoms with Gasteiger partial charge in [0.1, 0.15) is 0 Å². The zero-order chi connectivity index (χ0) is 13.8. The number of hydrogen-bond donors (Lipinski definition) is 2. The van der Waals surface area contributed by atoms with Crippen LogP contribution in [0.5, 0.6) is 0 Å². The molecule has 1 fully saturated rings. The fraction of sp³-hybridized carbons (Fsp3) is 0.727. The number of piperazine rings is 1. The van der Waals surface area contributed by atoms with Gasteiger partial charge in [0.25, 0.3) is 0 Å². The van der Waals surface area contributed by atoms with E-state index in [1.54, 1.807) is 7.05 Å². The van der Waals surface area contributed by atoms with Crippen molar-refractivity contribution in [2.75, 3.05) is 58.0 Å². The van der Waals surface area contributed by atoms with E-state index in [-0.39, 0.29) is 5.28 Å². The molecule has 0 bridgehead atoms. The minimum atomic E-state index is 0.191. The monoisotopic (exact) mass is 285 g/mol. The van der Waals surface area contributed by atoms with E-state index in [0.29, 0.717) is 17.9 Å². The van der Waals surface area contributed by atoms with Crippen molar-refractivity contribution in [1.82, 2.24) is 24.8 Å². The highest BCUT2D eigenvalue weighted by molar-refractivity contribution is 6.28. The summed E-state index contributed by atoms with van der Waals surface area (Å²) in [6.07, 6.45) is 0. The molecule has 1 aliphatic rings. The van der Waals surface area contributed by atoms with Crippen LogP contribution in [0, 0.1) is 0 Å². The SMILES string of the molecule is CNc1nc(Cl)nc(NCC2CN(C)CCN2C)n1. The Bertz CT molecular complexity index is 428. The van der Waals surface area contributed by atoms with Crippen LogP contribution < -0.4 is 10.6 Å². The van der Waals surface area contributed by atoms with Gasteiger partial charge in [-0.05, 0) is 25.7 Å². The van der Waals surface area contributed by atoms with Crippen molar-refractivity contribution in [2.45, 2.75) is 6.04 Å². The molecule has 1 aromatic heterocycles. The van der Waals surface area contributed by atoms with E-state index in [4.69, 9.17) is 11.6 Å². The molecule has 0 amide bonds. The van der Waals surface area contributed by atoms with Gasteiger partial charge in [-0.1, -0.05) is 0 Å². The Morgan fingerprint density at radius 3 is 2.68 bits per heavy atom. The Hall–Kier alpha value is -1.18. The summed E-state index contributed by atoms with van der Waals surface area (Å²) in [6.45, 7) is 3.99. The summed E-state index contributed by atoms with van der Waals surface area (Å²) in [4.78, 5) is 16.9. The predicted octanol–water partition coefficient (Wildman–Crippen LogP) is 0.224. The Kier molecular flexibility index (Phi) is 4.73. The Morgan fingerprint density at radius 2 is 1.95 bits per heavy atom. The molecule has 0 spiro atoms.